The van der Waals surface area contributed by atoms with Gasteiger partial charge in [-0.2, -0.15) is 13.2 Å². The van der Waals surface area contributed by atoms with Crippen LogP contribution >= 0.6 is 11.3 Å². The van der Waals surface area contributed by atoms with Crippen molar-refractivity contribution in [3.8, 4) is 0 Å². The lowest BCUT2D eigenvalue weighted by Crippen LogP contribution is -2.11. The summed E-state index contributed by atoms with van der Waals surface area (Å²) < 4.78 is 35.1. The summed E-state index contributed by atoms with van der Waals surface area (Å²) in [4.78, 5) is 3.69. The Hall–Kier alpha value is -0.580. The van der Waals surface area contributed by atoms with E-state index in [1.807, 2.05) is 13.8 Å². The molecule has 76 valence electrons. The van der Waals surface area contributed by atoms with E-state index in [1.54, 1.807) is 6.92 Å². The first-order valence-electron chi connectivity index (χ1n) is 3.95. The lowest BCUT2D eigenvalue weighted by Gasteiger charge is -2.01. The van der Waals surface area contributed by atoms with Gasteiger partial charge in [-0.1, -0.05) is 13.8 Å². The molecule has 1 nitrogen and oxygen atoms in total. The Labute approximate surface area is 79.6 Å². The number of hydrogen-bond acceptors (Lipinski definition) is 2. The minimum Gasteiger partial charge on any atom is -0.246 e. The van der Waals surface area contributed by atoms with Gasteiger partial charge in [-0.05, 0) is 6.92 Å². The number of hydrogen-bond donors (Lipinski definition) is 0. The van der Waals surface area contributed by atoms with Gasteiger partial charge in [0.2, 0.25) is 0 Å². The first-order valence-corrected chi connectivity index (χ1v) is 4.83. The lowest BCUT2D eigenvalue weighted by atomic mass is 10.3. The second kappa shape index (κ2) is 5.21. The van der Waals surface area contributed by atoms with E-state index in [2.05, 4.69) is 4.98 Å². The maximum Gasteiger partial charge on any atom is 0.394 e. The van der Waals surface area contributed by atoms with Crippen molar-refractivity contribution in [3.63, 3.8) is 0 Å². The van der Waals surface area contributed by atoms with E-state index in [1.165, 1.54) is 16.7 Å². The normalized spacial score (nSPS) is 10.6. The molecule has 0 atom stereocenters. The van der Waals surface area contributed by atoms with Crippen molar-refractivity contribution in [3.05, 3.63) is 16.1 Å². The Morgan fingerprint density at radius 1 is 1.38 bits per heavy atom. The van der Waals surface area contributed by atoms with Crippen molar-refractivity contribution >= 4 is 11.3 Å². The molecule has 0 unspecified atom stereocenters. The molecule has 0 fully saturated rings. The van der Waals surface area contributed by atoms with Crippen molar-refractivity contribution in [2.75, 3.05) is 0 Å². The van der Waals surface area contributed by atoms with Crippen LogP contribution in [0.15, 0.2) is 5.38 Å². The Bertz CT molecular complexity index is 242. The fourth-order valence-electron chi connectivity index (χ4n) is 0.695. The molecule has 0 aliphatic rings. The molecule has 1 aromatic heterocycles. The van der Waals surface area contributed by atoms with Crippen molar-refractivity contribution in [1.29, 1.82) is 0 Å². The molecule has 0 radical (unpaired) electrons. The van der Waals surface area contributed by atoms with Crippen molar-refractivity contribution < 1.29 is 13.2 Å². The minimum absolute atomic E-state index is 0.111. The molecule has 0 amide bonds. The third-order valence-corrected chi connectivity index (χ3v) is 1.87. The Morgan fingerprint density at radius 3 is 2.23 bits per heavy atom. The smallest absolute Gasteiger partial charge is 0.246 e. The molecule has 0 spiro atoms. The maximum absolute atomic E-state index is 11.7. The fraction of sp³-hybridized carbons (Fsp3) is 0.625. The highest BCUT2D eigenvalue weighted by Gasteiger charge is 2.28. The summed E-state index contributed by atoms with van der Waals surface area (Å²) in [6.07, 6.45) is -5.06. The molecule has 0 saturated carbocycles. The van der Waals surface area contributed by atoms with Crippen LogP contribution in [0.3, 0.4) is 0 Å². The summed E-state index contributed by atoms with van der Waals surface area (Å²) in [6, 6.07) is 0. The predicted octanol–water partition coefficient (Wildman–Crippen LogP) is 3.58. The van der Waals surface area contributed by atoms with Gasteiger partial charge in [-0.15, -0.1) is 11.3 Å². The monoisotopic (exact) mass is 211 g/mol. The average Bonchev–Trinajstić information content (AvgIpc) is 2.36. The van der Waals surface area contributed by atoms with Gasteiger partial charge in [-0.3, -0.25) is 0 Å². The summed E-state index contributed by atoms with van der Waals surface area (Å²) in [5, 5.41) is 2.10. The van der Waals surface area contributed by atoms with Gasteiger partial charge in [0.05, 0.1) is 17.1 Å². The lowest BCUT2D eigenvalue weighted by molar-refractivity contribution is -0.127. The van der Waals surface area contributed by atoms with E-state index in [9.17, 15) is 13.2 Å². The summed E-state index contributed by atoms with van der Waals surface area (Å²) in [5.74, 6) is 0. The van der Waals surface area contributed by atoms with Crippen LogP contribution in [0.25, 0.3) is 0 Å². The zero-order chi connectivity index (χ0) is 10.5. The van der Waals surface area contributed by atoms with E-state index in [4.69, 9.17) is 0 Å². The zero-order valence-electron chi connectivity index (χ0n) is 7.77. The van der Waals surface area contributed by atoms with Crippen LogP contribution < -0.4 is 0 Å². The van der Waals surface area contributed by atoms with Crippen LogP contribution in [0.1, 0.15) is 24.5 Å². The van der Waals surface area contributed by atoms with Crippen LogP contribution in [0, 0.1) is 6.92 Å². The molecule has 1 heterocycles. The average molecular weight is 211 g/mol. The number of nitrogens with zero attached hydrogens (tertiary/aromatic N) is 1. The van der Waals surface area contributed by atoms with E-state index in [0.717, 1.165) is 0 Å². The largest absolute Gasteiger partial charge is 0.394 e. The van der Waals surface area contributed by atoms with E-state index in [-0.39, 0.29) is 5.69 Å². The molecule has 0 aromatic carbocycles. The number of aromatic nitrogens is 1. The topological polar surface area (TPSA) is 12.9 Å². The number of rotatable bonds is 1. The van der Waals surface area contributed by atoms with Gasteiger partial charge in [0.25, 0.3) is 0 Å². The zero-order valence-corrected chi connectivity index (χ0v) is 8.59. The molecule has 0 saturated heterocycles. The van der Waals surface area contributed by atoms with Gasteiger partial charge in [0, 0.05) is 5.38 Å². The van der Waals surface area contributed by atoms with E-state index < -0.39 is 12.6 Å². The highest BCUT2D eigenvalue weighted by atomic mass is 32.1. The van der Waals surface area contributed by atoms with Crippen LogP contribution in [0.5, 0.6) is 0 Å². The Kier molecular flexibility index (Phi) is 4.98. The molecule has 0 bridgehead atoms. The van der Waals surface area contributed by atoms with Crippen molar-refractivity contribution in [2.45, 2.75) is 33.4 Å². The van der Waals surface area contributed by atoms with Gasteiger partial charge < -0.3 is 0 Å². The number of alkyl halides is 3. The second-order valence-corrected chi connectivity index (χ2v) is 3.21. The number of thiazole rings is 1. The second-order valence-electron chi connectivity index (χ2n) is 2.15. The number of halogens is 3. The standard InChI is InChI=1S/C6H6F3NS.C2H6/c1-4-10-5(3-11-4)2-6(7,8)9;1-2/h3H,2H2,1H3;1-2H3. The summed E-state index contributed by atoms with van der Waals surface area (Å²) in [6.45, 7) is 5.69. The van der Waals surface area contributed by atoms with E-state index in [0.29, 0.717) is 5.01 Å². The first-order chi connectivity index (χ1) is 5.97. The Balaban J connectivity index is 0.000000671. The van der Waals surface area contributed by atoms with Crippen LogP contribution in [0.2, 0.25) is 0 Å². The van der Waals surface area contributed by atoms with Crippen molar-refractivity contribution in [2.24, 2.45) is 0 Å². The SMILES string of the molecule is CC.Cc1nc(CC(F)(F)F)cs1. The van der Waals surface area contributed by atoms with Gasteiger partial charge >= 0.3 is 6.18 Å². The summed E-state index contributed by atoms with van der Waals surface area (Å²) in [5.41, 5.74) is 0.111. The predicted molar refractivity (Wildman–Crippen MR) is 48.0 cm³/mol. The molecule has 1 aromatic rings. The molecule has 13 heavy (non-hydrogen) atoms. The first kappa shape index (κ1) is 12.4. The minimum atomic E-state index is -4.14. The molecule has 1 rings (SSSR count). The molecular weight excluding hydrogens is 199 g/mol. The molecular formula is C8H12F3NS. The summed E-state index contributed by atoms with van der Waals surface area (Å²) in [7, 11) is 0. The van der Waals surface area contributed by atoms with Crippen LogP contribution in [0.4, 0.5) is 13.2 Å². The highest BCUT2D eigenvalue weighted by Crippen LogP contribution is 2.21. The van der Waals surface area contributed by atoms with Crippen molar-refractivity contribution in [1.82, 2.24) is 4.98 Å². The molecule has 0 aliphatic heterocycles. The summed E-state index contributed by atoms with van der Waals surface area (Å²) >= 11 is 1.23. The highest BCUT2D eigenvalue weighted by molar-refractivity contribution is 7.09. The van der Waals surface area contributed by atoms with Gasteiger partial charge in [0.1, 0.15) is 0 Å². The fourth-order valence-corrected chi connectivity index (χ4v) is 1.31. The molecule has 0 aliphatic carbocycles. The number of aryl methyl sites for hydroxylation is 1. The third kappa shape index (κ3) is 5.63. The van der Waals surface area contributed by atoms with Crippen LogP contribution in [-0.2, 0) is 6.42 Å². The quantitative estimate of drug-likeness (QED) is 0.691. The van der Waals surface area contributed by atoms with Gasteiger partial charge in [-0.25, -0.2) is 4.98 Å². The van der Waals surface area contributed by atoms with Gasteiger partial charge in [0.15, 0.2) is 0 Å². The third-order valence-electron chi connectivity index (χ3n) is 1.05. The molecule has 0 N–H and O–H groups in total. The van der Waals surface area contributed by atoms with Crippen LogP contribution in [-0.4, -0.2) is 11.2 Å². The molecule has 5 heteroatoms. The van der Waals surface area contributed by atoms with E-state index >= 15 is 0 Å². The maximum atomic E-state index is 11.7. The Morgan fingerprint density at radius 2 is 1.92 bits per heavy atom.